The molecule has 0 saturated heterocycles. The molecule has 2 aromatic rings. The second-order valence-corrected chi connectivity index (χ2v) is 6.87. The molecule has 0 aliphatic carbocycles. The van der Waals surface area contributed by atoms with Crippen LogP contribution in [0.1, 0.15) is 46.0 Å². The van der Waals surface area contributed by atoms with E-state index in [0.717, 1.165) is 34.8 Å². The van der Waals surface area contributed by atoms with Crippen molar-refractivity contribution in [3.8, 4) is 0 Å². The van der Waals surface area contributed by atoms with E-state index in [1.807, 2.05) is 0 Å². The van der Waals surface area contributed by atoms with Gasteiger partial charge < -0.3 is 10.1 Å². The van der Waals surface area contributed by atoms with Gasteiger partial charge in [0, 0.05) is 13.7 Å². The number of hydrogen-bond donors (Lipinski definition) is 1. The predicted octanol–water partition coefficient (Wildman–Crippen LogP) is 4.25. The maximum absolute atomic E-state index is 5.64. The molecular weight excluding hydrogens is 270 g/mol. The summed E-state index contributed by atoms with van der Waals surface area (Å²) in [6, 6.07) is 2.07. The second kappa shape index (κ2) is 6.06. The van der Waals surface area contributed by atoms with Crippen LogP contribution in [0.2, 0.25) is 0 Å². The van der Waals surface area contributed by atoms with Crippen LogP contribution >= 0.6 is 11.3 Å². The fraction of sp³-hybridized carbons (Fsp3) is 0.600. The van der Waals surface area contributed by atoms with Gasteiger partial charge in [0.15, 0.2) is 5.82 Å². The Morgan fingerprint density at radius 1 is 1.35 bits per heavy atom. The lowest BCUT2D eigenvalue weighted by atomic mass is 9.88. The number of ether oxygens (including phenoxy) is 1. The Balaban J connectivity index is 2.48. The SMILES string of the molecule is CCCNc1nc(C(OC)C(C)(C)C)nc2sccc12. The van der Waals surface area contributed by atoms with Crippen LogP contribution in [0.25, 0.3) is 10.2 Å². The second-order valence-electron chi connectivity index (χ2n) is 5.98. The highest BCUT2D eigenvalue weighted by Gasteiger charge is 2.29. The zero-order valence-corrected chi connectivity index (χ0v) is 13.7. The van der Waals surface area contributed by atoms with Gasteiger partial charge >= 0.3 is 0 Å². The Labute approximate surface area is 124 Å². The van der Waals surface area contributed by atoms with Gasteiger partial charge in [-0.1, -0.05) is 27.7 Å². The highest BCUT2D eigenvalue weighted by molar-refractivity contribution is 7.16. The largest absolute Gasteiger partial charge is 0.373 e. The standard InChI is InChI=1S/C15H23N3OS/c1-6-8-16-12-10-7-9-20-14(10)18-13(17-12)11(19-5)15(2,3)4/h7,9,11H,6,8H2,1-5H3,(H,16,17,18). The quantitative estimate of drug-likeness (QED) is 0.895. The molecule has 2 heterocycles. The highest BCUT2D eigenvalue weighted by Crippen LogP contribution is 2.36. The van der Waals surface area contributed by atoms with Crippen LogP contribution in [-0.4, -0.2) is 23.6 Å². The summed E-state index contributed by atoms with van der Waals surface area (Å²) in [4.78, 5) is 10.4. The van der Waals surface area contributed by atoms with Crippen LogP contribution in [0, 0.1) is 5.41 Å². The van der Waals surface area contributed by atoms with Gasteiger partial charge in [-0.25, -0.2) is 9.97 Å². The molecule has 2 rings (SSSR count). The van der Waals surface area contributed by atoms with E-state index < -0.39 is 0 Å². The Morgan fingerprint density at radius 3 is 2.70 bits per heavy atom. The van der Waals surface area contributed by atoms with E-state index >= 15 is 0 Å². The molecule has 1 unspecified atom stereocenters. The van der Waals surface area contributed by atoms with Crippen molar-refractivity contribution in [1.82, 2.24) is 9.97 Å². The van der Waals surface area contributed by atoms with Gasteiger partial charge in [0.05, 0.1) is 5.39 Å². The molecule has 5 heteroatoms. The molecule has 0 aliphatic rings. The molecule has 20 heavy (non-hydrogen) atoms. The van der Waals surface area contributed by atoms with E-state index in [1.54, 1.807) is 18.4 Å². The first kappa shape index (κ1) is 15.2. The van der Waals surface area contributed by atoms with Crippen LogP contribution in [0.4, 0.5) is 5.82 Å². The minimum absolute atomic E-state index is 0.0400. The maximum atomic E-state index is 5.64. The molecule has 0 amide bonds. The lowest BCUT2D eigenvalue weighted by Crippen LogP contribution is -2.22. The van der Waals surface area contributed by atoms with E-state index in [0.29, 0.717) is 0 Å². The molecule has 0 fully saturated rings. The van der Waals surface area contributed by atoms with Gasteiger partial charge in [-0.3, -0.25) is 0 Å². The van der Waals surface area contributed by atoms with Gasteiger partial charge in [0.2, 0.25) is 0 Å². The first-order valence-corrected chi connectivity index (χ1v) is 7.87. The summed E-state index contributed by atoms with van der Waals surface area (Å²) in [5, 5.41) is 6.54. The number of hydrogen-bond acceptors (Lipinski definition) is 5. The van der Waals surface area contributed by atoms with Crippen molar-refractivity contribution in [3.63, 3.8) is 0 Å². The molecule has 110 valence electrons. The fourth-order valence-corrected chi connectivity index (χ4v) is 2.98. The van der Waals surface area contributed by atoms with Crippen molar-refractivity contribution in [2.24, 2.45) is 5.41 Å². The van der Waals surface area contributed by atoms with Crippen LogP contribution in [0.15, 0.2) is 11.4 Å². The molecular formula is C15H23N3OS. The lowest BCUT2D eigenvalue weighted by Gasteiger charge is -2.28. The van der Waals surface area contributed by atoms with Gasteiger partial charge in [0.1, 0.15) is 16.8 Å². The minimum atomic E-state index is -0.115. The average molecular weight is 293 g/mol. The summed E-state index contributed by atoms with van der Waals surface area (Å²) >= 11 is 1.64. The van der Waals surface area contributed by atoms with Crippen molar-refractivity contribution in [1.29, 1.82) is 0 Å². The number of rotatable bonds is 5. The average Bonchev–Trinajstić information content (AvgIpc) is 2.83. The predicted molar refractivity (Wildman–Crippen MR) is 85.4 cm³/mol. The Hall–Kier alpha value is -1.20. The molecule has 0 saturated carbocycles. The molecule has 1 atom stereocenters. The van der Waals surface area contributed by atoms with E-state index in [-0.39, 0.29) is 11.5 Å². The molecule has 0 radical (unpaired) electrons. The Kier molecular flexibility index (Phi) is 4.60. The summed E-state index contributed by atoms with van der Waals surface area (Å²) in [7, 11) is 1.72. The van der Waals surface area contributed by atoms with Crippen LogP contribution in [0.3, 0.4) is 0 Å². The third-order valence-electron chi connectivity index (χ3n) is 3.14. The summed E-state index contributed by atoms with van der Waals surface area (Å²) < 4.78 is 5.64. The zero-order valence-electron chi connectivity index (χ0n) is 12.9. The molecule has 4 nitrogen and oxygen atoms in total. The highest BCUT2D eigenvalue weighted by atomic mass is 32.1. The summed E-state index contributed by atoms with van der Waals surface area (Å²) in [5.41, 5.74) is -0.0400. The fourth-order valence-electron chi connectivity index (χ4n) is 2.21. The van der Waals surface area contributed by atoms with Crippen molar-refractivity contribution in [2.45, 2.75) is 40.2 Å². The molecule has 1 N–H and O–H groups in total. The van der Waals surface area contributed by atoms with Crippen molar-refractivity contribution in [2.75, 3.05) is 19.0 Å². The third-order valence-corrected chi connectivity index (χ3v) is 3.95. The Morgan fingerprint density at radius 2 is 2.10 bits per heavy atom. The number of aromatic nitrogens is 2. The van der Waals surface area contributed by atoms with Crippen molar-refractivity contribution in [3.05, 3.63) is 17.3 Å². The molecule has 0 bridgehead atoms. The zero-order chi connectivity index (χ0) is 14.8. The van der Waals surface area contributed by atoms with Gasteiger partial charge in [-0.05, 0) is 23.3 Å². The normalized spacial score (nSPS) is 13.7. The van der Waals surface area contributed by atoms with Crippen molar-refractivity contribution >= 4 is 27.4 Å². The van der Waals surface area contributed by atoms with Gasteiger partial charge in [-0.2, -0.15) is 0 Å². The van der Waals surface area contributed by atoms with Crippen LogP contribution in [-0.2, 0) is 4.74 Å². The number of methoxy groups -OCH3 is 1. The summed E-state index contributed by atoms with van der Waals surface area (Å²) in [6.07, 6.45) is 0.953. The lowest BCUT2D eigenvalue weighted by molar-refractivity contribution is 0.00904. The molecule has 0 aliphatic heterocycles. The molecule has 0 spiro atoms. The molecule has 0 aromatic carbocycles. The van der Waals surface area contributed by atoms with E-state index in [2.05, 4.69) is 49.4 Å². The number of nitrogens with zero attached hydrogens (tertiary/aromatic N) is 2. The Bertz CT molecular complexity index is 574. The monoisotopic (exact) mass is 293 g/mol. The number of thiophene rings is 1. The van der Waals surface area contributed by atoms with Gasteiger partial charge in [-0.15, -0.1) is 11.3 Å². The maximum Gasteiger partial charge on any atom is 0.161 e. The van der Waals surface area contributed by atoms with E-state index in [9.17, 15) is 0 Å². The van der Waals surface area contributed by atoms with Crippen molar-refractivity contribution < 1.29 is 4.74 Å². The number of fused-ring (bicyclic) bond motifs is 1. The van der Waals surface area contributed by atoms with E-state index in [1.165, 1.54) is 0 Å². The number of nitrogens with one attached hydrogen (secondary N) is 1. The van der Waals surface area contributed by atoms with Crippen LogP contribution < -0.4 is 5.32 Å². The molecule has 2 aromatic heterocycles. The first-order chi connectivity index (χ1) is 9.47. The minimum Gasteiger partial charge on any atom is -0.373 e. The summed E-state index contributed by atoms with van der Waals surface area (Å²) in [5.74, 6) is 1.67. The smallest absolute Gasteiger partial charge is 0.161 e. The third kappa shape index (κ3) is 3.10. The van der Waals surface area contributed by atoms with Crippen LogP contribution in [0.5, 0.6) is 0 Å². The van der Waals surface area contributed by atoms with Gasteiger partial charge in [0.25, 0.3) is 0 Å². The summed E-state index contributed by atoms with van der Waals surface area (Å²) in [6.45, 7) is 9.48. The van der Waals surface area contributed by atoms with E-state index in [4.69, 9.17) is 9.72 Å². The first-order valence-electron chi connectivity index (χ1n) is 6.99. The topological polar surface area (TPSA) is 47.0 Å². The number of anilines is 1.